The van der Waals surface area contributed by atoms with E-state index in [4.69, 9.17) is 4.52 Å². The molecule has 1 aromatic heterocycles. The normalized spacial score (nSPS) is 12.3. The van der Waals surface area contributed by atoms with Gasteiger partial charge in [-0.1, -0.05) is 35.5 Å². The fourth-order valence-electron chi connectivity index (χ4n) is 1.76. The number of carboxylic acids is 1. The number of hydrogen-bond acceptors (Lipinski definition) is 5. The van der Waals surface area contributed by atoms with E-state index in [1.807, 2.05) is 18.2 Å². The zero-order chi connectivity index (χ0) is 13.7. The maximum absolute atomic E-state index is 11.2. The van der Waals surface area contributed by atoms with Crippen molar-refractivity contribution < 1.29 is 14.4 Å². The Bertz CT molecular complexity index is 539. The van der Waals surface area contributed by atoms with Crippen molar-refractivity contribution in [3.63, 3.8) is 0 Å². The van der Waals surface area contributed by atoms with Crippen molar-refractivity contribution in [3.8, 4) is 0 Å². The summed E-state index contributed by atoms with van der Waals surface area (Å²) in [6.45, 7) is 2.18. The summed E-state index contributed by atoms with van der Waals surface area (Å²) in [7, 11) is 0. The monoisotopic (exact) mass is 261 g/mol. The minimum absolute atomic E-state index is 0.463. The molecule has 0 aliphatic carbocycles. The number of carboxylic acid groups (broad SMARTS) is 1. The van der Waals surface area contributed by atoms with Crippen molar-refractivity contribution >= 4 is 5.97 Å². The SMILES string of the molecule is Cc1nc(CCNC(C(=O)O)c2ccccc2)no1. The van der Waals surface area contributed by atoms with Crippen LogP contribution in [0, 0.1) is 6.92 Å². The van der Waals surface area contributed by atoms with Gasteiger partial charge in [-0.2, -0.15) is 4.98 Å². The van der Waals surface area contributed by atoms with Gasteiger partial charge in [-0.25, -0.2) is 0 Å². The molecule has 0 saturated heterocycles. The number of nitrogens with zero attached hydrogens (tertiary/aromatic N) is 2. The fourth-order valence-corrected chi connectivity index (χ4v) is 1.76. The molecule has 0 radical (unpaired) electrons. The average molecular weight is 261 g/mol. The van der Waals surface area contributed by atoms with Gasteiger partial charge in [0.15, 0.2) is 5.82 Å². The molecule has 1 atom stereocenters. The molecule has 0 spiro atoms. The highest BCUT2D eigenvalue weighted by Crippen LogP contribution is 2.12. The Balaban J connectivity index is 1.93. The molecule has 1 unspecified atom stereocenters. The predicted molar refractivity (Wildman–Crippen MR) is 67.6 cm³/mol. The minimum atomic E-state index is -0.907. The van der Waals surface area contributed by atoms with Crippen LogP contribution in [-0.2, 0) is 11.2 Å². The van der Waals surface area contributed by atoms with Crippen LogP contribution in [0.25, 0.3) is 0 Å². The lowest BCUT2D eigenvalue weighted by molar-refractivity contribution is -0.139. The standard InChI is InChI=1S/C13H15N3O3/c1-9-15-11(16-19-9)7-8-14-12(13(17)18)10-5-3-2-4-6-10/h2-6,12,14H,7-8H2,1H3,(H,17,18). The summed E-state index contributed by atoms with van der Waals surface area (Å²) in [5.74, 6) is 0.172. The van der Waals surface area contributed by atoms with E-state index in [0.717, 1.165) is 5.56 Å². The van der Waals surface area contributed by atoms with Crippen molar-refractivity contribution in [1.29, 1.82) is 0 Å². The molecule has 2 N–H and O–H groups in total. The molecule has 1 heterocycles. The molecular weight excluding hydrogens is 246 g/mol. The average Bonchev–Trinajstić information content (AvgIpc) is 2.81. The van der Waals surface area contributed by atoms with Crippen molar-refractivity contribution in [2.75, 3.05) is 6.54 Å². The zero-order valence-electron chi connectivity index (χ0n) is 10.5. The number of rotatable bonds is 6. The summed E-state index contributed by atoms with van der Waals surface area (Å²) in [6, 6.07) is 8.32. The Morgan fingerprint density at radius 1 is 1.42 bits per heavy atom. The van der Waals surface area contributed by atoms with Gasteiger partial charge in [-0.15, -0.1) is 0 Å². The molecule has 0 aliphatic rings. The topological polar surface area (TPSA) is 88.2 Å². The second kappa shape index (κ2) is 6.10. The molecule has 0 bridgehead atoms. The van der Waals surface area contributed by atoms with E-state index in [9.17, 15) is 9.90 Å². The van der Waals surface area contributed by atoms with Gasteiger partial charge < -0.3 is 14.9 Å². The third-order valence-electron chi connectivity index (χ3n) is 2.65. The van der Waals surface area contributed by atoms with Crippen LogP contribution in [0.1, 0.15) is 23.3 Å². The lowest BCUT2D eigenvalue weighted by Gasteiger charge is -2.13. The first-order valence-corrected chi connectivity index (χ1v) is 5.97. The minimum Gasteiger partial charge on any atom is -0.480 e. The number of aromatic nitrogens is 2. The van der Waals surface area contributed by atoms with E-state index in [0.29, 0.717) is 24.7 Å². The van der Waals surface area contributed by atoms with Gasteiger partial charge in [-0.05, 0) is 5.56 Å². The Labute approximate surface area is 110 Å². The molecule has 6 nitrogen and oxygen atoms in total. The van der Waals surface area contributed by atoms with Gasteiger partial charge in [0, 0.05) is 19.9 Å². The first-order chi connectivity index (χ1) is 9.16. The van der Waals surface area contributed by atoms with Crippen molar-refractivity contribution in [2.45, 2.75) is 19.4 Å². The number of carbonyl (C=O) groups is 1. The third kappa shape index (κ3) is 3.62. The van der Waals surface area contributed by atoms with Crippen LogP contribution in [0.3, 0.4) is 0 Å². The van der Waals surface area contributed by atoms with E-state index in [-0.39, 0.29) is 0 Å². The van der Waals surface area contributed by atoms with E-state index in [2.05, 4.69) is 15.5 Å². The van der Waals surface area contributed by atoms with Gasteiger partial charge in [0.2, 0.25) is 5.89 Å². The highest BCUT2D eigenvalue weighted by molar-refractivity contribution is 5.75. The molecule has 0 aliphatic heterocycles. The molecule has 19 heavy (non-hydrogen) atoms. The van der Waals surface area contributed by atoms with Gasteiger partial charge >= 0.3 is 5.97 Å². The Morgan fingerprint density at radius 3 is 2.74 bits per heavy atom. The first kappa shape index (κ1) is 13.2. The molecular formula is C13H15N3O3. The smallest absolute Gasteiger partial charge is 0.325 e. The van der Waals surface area contributed by atoms with Crippen LogP contribution < -0.4 is 5.32 Å². The molecule has 0 amide bonds. The van der Waals surface area contributed by atoms with E-state index < -0.39 is 12.0 Å². The van der Waals surface area contributed by atoms with E-state index in [1.165, 1.54) is 0 Å². The molecule has 2 aromatic rings. The predicted octanol–water partition coefficient (Wildman–Crippen LogP) is 1.34. The van der Waals surface area contributed by atoms with Crippen LogP contribution >= 0.6 is 0 Å². The van der Waals surface area contributed by atoms with Gasteiger partial charge in [0.25, 0.3) is 0 Å². The number of nitrogens with one attached hydrogen (secondary N) is 1. The van der Waals surface area contributed by atoms with Gasteiger partial charge in [0.1, 0.15) is 6.04 Å². The zero-order valence-corrected chi connectivity index (χ0v) is 10.5. The van der Waals surface area contributed by atoms with Gasteiger partial charge in [-0.3, -0.25) is 4.79 Å². The maximum atomic E-state index is 11.2. The Kier molecular flexibility index (Phi) is 4.25. The lowest BCUT2D eigenvalue weighted by atomic mass is 10.1. The van der Waals surface area contributed by atoms with Gasteiger partial charge in [0.05, 0.1) is 0 Å². The number of aryl methyl sites for hydroxylation is 1. The number of hydrogen-bond donors (Lipinski definition) is 2. The summed E-state index contributed by atoms with van der Waals surface area (Å²) in [5, 5.41) is 15.9. The van der Waals surface area contributed by atoms with Crippen LogP contribution in [0.2, 0.25) is 0 Å². The summed E-state index contributed by atoms with van der Waals surface area (Å²) in [6.07, 6.45) is 0.522. The third-order valence-corrected chi connectivity index (χ3v) is 2.65. The number of benzene rings is 1. The van der Waals surface area contributed by atoms with E-state index in [1.54, 1.807) is 19.1 Å². The lowest BCUT2D eigenvalue weighted by Crippen LogP contribution is -2.30. The highest BCUT2D eigenvalue weighted by atomic mass is 16.5. The maximum Gasteiger partial charge on any atom is 0.325 e. The van der Waals surface area contributed by atoms with E-state index >= 15 is 0 Å². The number of aliphatic carboxylic acids is 1. The largest absolute Gasteiger partial charge is 0.480 e. The summed E-state index contributed by atoms with van der Waals surface area (Å²) >= 11 is 0. The molecule has 0 saturated carbocycles. The Morgan fingerprint density at radius 2 is 2.16 bits per heavy atom. The van der Waals surface area contributed by atoms with Crippen LogP contribution in [0.15, 0.2) is 34.9 Å². The highest BCUT2D eigenvalue weighted by Gasteiger charge is 2.18. The molecule has 1 aromatic carbocycles. The van der Waals surface area contributed by atoms with Crippen molar-refractivity contribution in [1.82, 2.24) is 15.5 Å². The molecule has 100 valence electrons. The van der Waals surface area contributed by atoms with Crippen LogP contribution in [0.5, 0.6) is 0 Å². The fraction of sp³-hybridized carbons (Fsp3) is 0.308. The second-order valence-electron chi connectivity index (χ2n) is 4.12. The summed E-state index contributed by atoms with van der Waals surface area (Å²) < 4.78 is 4.85. The van der Waals surface area contributed by atoms with Crippen LogP contribution in [-0.4, -0.2) is 27.8 Å². The molecule has 0 fully saturated rings. The summed E-state index contributed by atoms with van der Waals surface area (Å²) in [5.41, 5.74) is 0.722. The Hall–Kier alpha value is -2.21. The molecule has 6 heteroatoms. The summed E-state index contributed by atoms with van der Waals surface area (Å²) in [4.78, 5) is 15.3. The van der Waals surface area contributed by atoms with Crippen LogP contribution in [0.4, 0.5) is 0 Å². The molecule has 2 rings (SSSR count). The first-order valence-electron chi connectivity index (χ1n) is 5.97. The van der Waals surface area contributed by atoms with Crippen molar-refractivity contribution in [3.05, 3.63) is 47.6 Å². The quantitative estimate of drug-likeness (QED) is 0.815. The van der Waals surface area contributed by atoms with Crippen molar-refractivity contribution in [2.24, 2.45) is 0 Å². The second-order valence-corrected chi connectivity index (χ2v) is 4.12.